The molecule has 1 rings (SSSR count). The monoisotopic (exact) mass is 224 g/mol. The van der Waals surface area contributed by atoms with Gasteiger partial charge in [-0.3, -0.25) is 0 Å². The van der Waals surface area contributed by atoms with Gasteiger partial charge in [0.05, 0.1) is 12.5 Å². The minimum absolute atomic E-state index is 0.0476. The molecule has 0 amide bonds. The van der Waals surface area contributed by atoms with Crippen LogP contribution in [0.15, 0.2) is 0 Å². The lowest BCUT2D eigenvalue weighted by Gasteiger charge is -2.14. The van der Waals surface area contributed by atoms with Gasteiger partial charge in [-0.2, -0.15) is 5.26 Å². The van der Waals surface area contributed by atoms with E-state index in [1.54, 1.807) is 11.3 Å². The van der Waals surface area contributed by atoms with E-state index in [1.807, 2.05) is 11.9 Å². The SMILES string of the molecule is CN(CCC#N)c1nnc(C(C)(C)C)s1. The molecule has 0 fully saturated rings. The summed E-state index contributed by atoms with van der Waals surface area (Å²) in [5.74, 6) is 0. The maximum atomic E-state index is 8.49. The topological polar surface area (TPSA) is 52.8 Å². The molecule has 0 N–H and O–H groups in total. The Bertz CT molecular complexity index is 358. The van der Waals surface area contributed by atoms with Gasteiger partial charge < -0.3 is 4.90 Å². The van der Waals surface area contributed by atoms with Crippen molar-refractivity contribution < 1.29 is 0 Å². The van der Waals surface area contributed by atoms with Gasteiger partial charge in [-0.1, -0.05) is 32.1 Å². The first-order valence-electron chi connectivity index (χ1n) is 4.87. The van der Waals surface area contributed by atoms with Gasteiger partial charge in [0.25, 0.3) is 0 Å². The van der Waals surface area contributed by atoms with Crippen molar-refractivity contribution in [2.75, 3.05) is 18.5 Å². The minimum atomic E-state index is 0.0476. The Balaban J connectivity index is 2.72. The molecule has 5 heteroatoms. The van der Waals surface area contributed by atoms with Crippen LogP contribution in [0.4, 0.5) is 5.13 Å². The summed E-state index contributed by atoms with van der Waals surface area (Å²) in [4.78, 5) is 1.97. The van der Waals surface area contributed by atoms with Crippen LogP contribution in [0.1, 0.15) is 32.2 Å². The number of nitrogens with zero attached hydrogens (tertiary/aromatic N) is 4. The summed E-state index contributed by atoms with van der Waals surface area (Å²) in [5, 5.41) is 18.7. The second kappa shape index (κ2) is 4.58. The van der Waals surface area contributed by atoms with Gasteiger partial charge >= 0.3 is 0 Å². The van der Waals surface area contributed by atoms with Gasteiger partial charge in [0, 0.05) is 19.0 Å². The second-order valence-corrected chi connectivity index (χ2v) is 5.43. The number of hydrogen-bond acceptors (Lipinski definition) is 5. The molecular weight excluding hydrogens is 208 g/mol. The Hall–Kier alpha value is -1.15. The smallest absolute Gasteiger partial charge is 0.208 e. The lowest BCUT2D eigenvalue weighted by molar-refractivity contribution is 0.578. The fourth-order valence-electron chi connectivity index (χ4n) is 0.986. The van der Waals surface area contributed by atoms with Crippen molar-refractivity contribution in [2.24, 2.45) is 0 Å². The molecule has 4 nitrogen and oxygen atoms in total. The fraction of sp³-hybridized carbons (Fsp3) is 0.700. The number of nitriles is 1. The summed E-state index contributed by atoms with van der Waals surface area (Å²) >= 11 is 1.59. The van der Waals surface area contributed by atoms with Crippen LogP contribution in [-0.4, -0.2) is 23.8 Å². The fourth-order valence-corrected chi connectivity index (χ4v) is 1.88. The van der Waals surface area contributed by atoms with Crippen LogP contribution in [0.3, 0.4) is 0 Å². The molecule has 0 spiro atoms. The molecule has 0 aliphatic heterocycles. The molecule has 1 heterocycles. The van der Waals surface area contributed by atoms with E-state index in [9.17, 15) is 0 Å². The summed E-state index contributed by atoms with van der Waals surface area (Å²) in [6, 6.07) is 2.12. The molecule has 1 aromatic heterocycles. The van der Waals surface area contributed by atoms with E-state index in [0.717, 1.165) is 10.1 Å². The van der Waals surface area contributed by atoms with Crippen LogP contribution < -0.4 is 4.90 Å². The third-order valence-electron chi connectivity index (χ3n) is 1.94. The van der Waals surface area contributed by atoms with E-state index in [-0.39, 0.29) is 5.41 Å². The average molecular weight is 224 g/mol. The molecule has 82 valence electrons. The van der Waals surface area contributed by atoms with Gasteiger partial charge in [-0.05, 0) is 0 Å². The Kier molecular flexibility index (Phi) is 3.64. The predicted octanol–water partition coefficient (Wildman–Crippen LogP) is 2.19. The van der Waals surface area contributed by atoms with Crippen LogP contribution in [0.5, 0.6) is 0 Å². The number of aromatic nitrogens is 2. The van der Waals surface area contributed by atoms with Gasteiger partial charge in [0.2, 0.25) is 5.13 Å². The highest BCUT2D eigenvalue weighted by atomic mass is 32.1. The zero-order chi connectivity index (χ0) is 11.5. The molecule has 0 aliphatic rings. The third kappa shape index (κ3) is 3.17. The normalized spacial score (nSPS) is 11.1. The quantitative estimate of drug-likeness (QED) is 0.789. The van der Waals surface area contributed by atoms with Crippen molar-refractivity contribution in [1.29, 1.82) is 5.26 Å². The van der Waals surface area contributed by atoms with Crippen LogP contribution in [0, 0.1) is 11.3 Å². The van der Waals surface area contributed by atoms with E-state index < -0.39 is 0 Å². The molecule has 0 radical (unpaired) electrons. The van der Waals surface area contributed by atoms with Crippen LogP contribution in [0.2, 0.25) is 0 Å². The Morgan fingerprint density at radius 2 is 2.07 bits per heavy atom. The molecule has 0 atom stereocenters. The average Bonchev–Trinajstić information content (AvgIpc) is 2.62. The lowest BCUT2D eigenvalue weighted by Crippen LogP contribution is -2.17. The molecule has 0 unspecified atom stereocenters. The Labute approximate surface area is 94.6 Å². The van der Waals surface area contributed by atoms with Crippen LogP contribution in [0.25, 0.3) is 0 Å². The molecule has 0 saturated carbocycles. The van der Waals surface area contributed by atoms with Crippen molar-refractivity contribution >= 4 is 16.5 Å². The summed E-state index contributed by atoms with van der Waals surface area (Å²) in [6.07, 6.45) is 0.515. The van der Waals surface area contributed by atoms with Gasteiger partial charge in [0.1, 0.15) is 5.01 Å². The second-order valence-electron chi connectivity index (χ2n) is 4.47. The summed E-state index contributed by atoms with van der Waals surface area (Å²) in [6.45, 7) is 7.06. The number of rotatable bonds is 3. The van der Waals surface area contributed by atoms with Crippen molar-refractivity contribution in [1.82, 2.24) is 10.2 Å². The van der Waals surface area contributed by atoms with Crippen LogP contribution in [-0.2, 0) is 5.41 Å². The van der Waals surface area contributed by atoms with E-state index in [1.165, 1.54) is 0 Å². The van der Waals surface area contributed by atoms with Crippen molar-refractivity contribution in [3.8, 4) is 6.07 Å². The molecule has 0 bridgehead atoms. The maximum Gasteiger partial charge on any atom is 0.208 e. The molecule has 1 aromatic rings. The lowest BCUT2D eigenvalue weighted by atomic mass is 9.98. The highest BCUT2D eigenvalue weighted by Crippen LogP contribution is 2.29. The zero-order valence-electron chi connectivity index (χ0n) is 9.61. The molecule has 0 aliphatic carbocycles. The first-order valence-corrected chi connectivity index (χ1v) is 5.69. The largest absolute Gasteiger partial charge is 0.349 e. The van der Waals surface area contributed by atoms with Crippen molar-refractivity contribution in [2.45, 2.75) is 32.6 Å². The van der Waals surface area contributed by atoms with Gasteiger partial charge in [0.15, 0.2) is 0 Å². The van der Waals surface area contributed by atoms with Gasteiger partial charge in [-0.25, -0.2) is 0 Å². The predicted molar refractivity (Wildman–Crippen MR) is 62.1 cm³/mol. The van der Waals surface area contributed by atoms with E-state index in [2.05, 4.69) is 37.0 Å². The number of hydrogen-bond donors (Lipinski definition) is 0. The number of anilines is 1. The van der Waals surface area contributed by atoms with Gasteiger partial charge in [-0.15, -0.1) is 10.2 Å². The summed E-state index contributed by atoms with van der Waals surface area (Å²) in [7, 11) is 1.93. The van der Waals surface area contributed by atoms with Crippen molar-refractivity contribution in [3.05, 3.63) is 5.01 Å². The Morgan fingerprint density at radius 1 is 1.40 bits per heavy atom. The van der Waals surface area contributed by atoms with E-state index >= 15 is 0 Å². The van der Waals surface area contributed by atoms with Crippen molar-refractivity contribution in [3.63, 3.8) is 0 Å². The highest BCUT2D eigenvalue weighted by molar-refractivity contribution is 7.15. The third-order valence-corrected chi connectivity index (χ3v) is 3.40. The molecule has 0 aromatic carbocycles. The minimum Gasteiger partial charge on any atom is -0.349 e. The van der Waals surface area contributed by atoms with Crippen LogP contribution >= 0.6 is 11.3 Å². The van der Waals surface area contributed by atoms with E-state index in [4.69, 9.17) is 5.26 Å². The first kappa shape index (κ1) is 11.9. The Morgan fingerprint density at radius 3 is 2.53 bits per heavy atom. The summed E-state index contributed by atoms with van der Waals surface area (Å²) in [5.41, 5.74) is 0.0476. The standard InChI is InChI=1S/C10H16N4S/c1-10(2,3)8-12-13-9(15-8)14(4)7-5-6-11/h5,7H2,1-4H3. The maximum absolute atomic E-state index is 8.49. The molecule has 0 saturated heterocycles. The zero-order valence-corrected chi connectivity index (χ0v) is 10.4. The molecular formula is C10H16N4S. The molecule has 15 heavy (non-hydrogen) atoms. The highest BCUT2D eigenvalue weighted by Gasteiger charge is 2.20. The summed E-state index contributed by atoms with van der Waals surface area (Å²) < 4.78 is 0. The van der Waals surface area contributed by atoms with E-state index in [0.29, 0.717) is 13.0 Å². The first-order chi connectivity index (χ1) is 6.95.